The molecular formula is C15H18O3. The predicted molar refractivity (Wildman–Crippen MR) is 71.2 cm³/mol. The van der Waals surface area contributed by atoms with Crippen molar-refractivity contribution in [2.24, 2.45) is 0 Å². The zero-order valence-electron chi connectivity index (χ0n) is 11.2. The fourth-order valence-corrected chi connectivity index (χ4v) is 2.05. The van der Waals surface area contributed by atoms with Gasteiger partial charge in [-0.25, -0.2) is 4.79 Å². The quantitative estimate of drug-likeness (QED) is 0.886. The first-order valence-electron chi connectivity index (χ1n) is 6.13. The van der Waals surface area contributed by atoms with E-state index in [1.807, 2.05) is 18.2 Å². The molecule has 96 valence electrons. The Kier molecular flexibility index (Phi) is 2.93. The molecule has 0 fully saturated rings. The van der Waals surface area contributed by atoms with Crippen LogP contribution in [-0.2, 0) is 5.41 Å². The van der Waals surface area contributed by atoms with Gasteiger partial charge in [-0.15, -0.1) is 0 Å². The number of hydrogen-bond donors (Lipinski definition) is 1. The van der Waals surface area contributed by atoms with Crippen LogP contribution in [0.3, 0.4) is 0 Å². The Hall–Kier alpha value is -1.77. The maximum Gasteiger partial charge on any atom is 0.372 e. The Morgan fingerprint density at radius 2 is 2.06 bits per heavy atom. The zero-order chi connectivity index (χ0) is 13.5. The van der Waals surface area contributed by atoms with Crippen LogP contribution >= 0.6 is 0 Å². The molecule has 3 heteroatoms. The number of carbonyl (C=O) groups is 1. The molecule has 0 aliphatic rings. The van der Waals surface area contributed by atoms with Gasteiger partial charge in [-0.2, -0.15) is 0 Å². The van der Waals surface area contributed by atoms with Crippen LogP contribution in [0.1, 0.15) is 48.9 Å². The summed E-state index contributed by atoms with van der Waals surface area (Å²) in [5.74, 6) is -0.976. The molecule has 18 heavy (non-hydrogen) atoms. The summed E-state index contributed by atoms with van der Waals surface area (Å²) in [5.41, 5.74) is 2.63. The minimum absolute atomic E-state index is 0.0384. The standard InChI is InChI=1S/C15H18O3/c1-5-15(3,4)10-6-7-12-11(8-10)9(2)13(18-12)14(16)17/h6-8H,5H2,1-4H3,(H,16,17). The van der Waals surface area contributed by atoms with E-state index in [-0.39, 0.29) is 11.2 Å². The highest BCUT2D eigenvalue weighted by atomic mass is 16.4. The molecule has 1 aromatic carbocycles. The van der Waals surface area contributed by atoms with Crippen LogP contribution in [0, 0.1) is 6.92 Å². The second kappa shape index (κ2) is 4.16. The summed E-state index contributed by atoms with van der Waals surface area (Å²) in [6.45, 7) is 8.30. The van der Waals surface area contributed by atoms with E-state index < -0.39 is 5.97 Å². The molecule has 0 saturated heterocycles. The molecule has 1 aromatic heterocycles. The Morgan fingerprint density at radius 1 is 1.39 bits per heavy atom. The van der Waals surface area contributed by atoms with Crippen molar-refractivity contribution in [2.45, 2.75) is 39.5 Å². The van der Waals surface area contributed by atoms with Gasteiger partial charge in [0.2, 0.25) is 5.76 Å². The van der Waals surface area contributed by atoms with Crippen LogP contribution in [0.15, 0.2) is 22.6 Å². The first-order chi connectivity index (χ1) is 8.36. The average Bonchev–Trinajstić information content (AvgIpc) is 2.66. The molecule has 0 saturated carbocycles. The fraction of sp³-hybridized carbons (Fsp3) is 0.400. The summed E-state index contributed by atoms with van der Waals surface area (Å²) < 4.78 is 5.36. The molecule has 1 N–H and O–H groups in total. The summed E-state index contributed by atoms with van der Waals surface area (Å²) in [7, 11) is 0. The number of aryl methyl sites for hydroxylation is 1. The third-order valence-corrected chi connectivity index (χ3v) is 3.80. The minimum Gasteiger partial charge on any atom is -0.475 e. The van der Waals surface area contributed by atoms with E-state index in [1.165, 1.54) is 5.56 Å². The van der Waals surface area contributed by atoms with Gasteiger partial charge in [0.1, 0.15) is 5.58 Å². The third kappa shape index (κ3) is 1.90. The number of carboxylic acids is 1. The minimum atomic E-state index is -1.01. The van der Waals surface area contributed by atoms with Crippen molar-refractivity contribution in [2.75, 3.05) is 0 Å². The Morgan fingerprint density at radius 3 is 2.61 bits per heavy atom. The van der Waals surface area contributed by atoms with Crippen LogP contribution in [0.2, 0.25) is 0 Å². The summed E-state index contributed by atoms with van der Waals surface area (Å²) >= 11 is 0. The monoisotopic (exact) mass is 246 g/mol. The SMILES string of the molecule is CCC(C)(C)c1ccc2oc(C(=O)O)c(C)c2c1. The van der Waals surface area contributed by atoms with Gasteiger partial charge in [-0.05, 0) is 36.5 Å². The molecule has 0 aliphatic carbocycles. The molecule has 0 radical (unpaired) electrons. The number of hydrogen-bond acceptors (Lipinski definition) is 2. The highest BCUT2D eigenvalue weighted by Crippen LogP contribution is 2.32. The summed E-state index contributed by atoms with van der Waals surface area (Å²) in [6, 6.07) is 5.92. The van der Waals surface area contributed by atoms with E-state index in [1.54, 1.807) is 6.92 Å². The number of benzene rings is 1. The molecule has 2 rings (SSSR count). The largest absolute Gasteiger partial charge is 0.475 e. The molecule has 0 spiro atoms. The molecule has 0 unspecified atom stereocenters. The maximum absolute atomic E-state index is 11.0. The molecule has 0 aliphatic heterocycles. The van der Waals surface area contributed by atoms with Gasteiger partial charge in [0, 0.05) is 10.9 Å². The van der Waals surface area contributed by atoms with Gasteiger partial charge in [0.05, 0.1) is 0 Å². The molecule has 0 atom stereocenters. The summed E-state index contributed by atoms with van der Waals surface area (Å²) in [4.78, 5) is 11.0. The van der Waals surface area contributed by atoms with E-state index in [4.69, 9.17) is 9.52 Å². The first-order valence-corrected chi connectivity index (χ1v) is 6.13. The van der Waals surface area contributed by atoms with Crippen LogP contribution in [0.4, 0.5) is 0 Å². The molecule has 2 aromatic rings. The topological polar surface area (TPSA) is 50.4 Å². The van der Waals surface area contributed by atoms with Gasteiger partial charge >= 0.3 is 5.97 Å². The predicted octanol–water partition coefficient (Wildman–Crippen LogP) is 4.13. The second-order valence-electron chi connectivity index (χ2n) is 5.31. The summed E-state index contributed by atoms with van der Waals surface area (Å²) in [5, 5.41) is 9.94. The normalized spacial score (nSPS) is 12.0. The van der Waals surface area contributed by atoms with Crippen molar-refractivity contribution in [3.8, 4) is 0 Å². The highest BCUT2D eigenvalue weighted by molar-refractivity contribution is 5.95. The summed E-state index contributed by atoms with van der Waals surface area (Å²) in [6.07, 6.45) is 1.03. The van der Waals surface area contributed by atoms with Crippen molar-refractivity contribution in [3.63, 3.8) is 0 Å². The Labute approximate surface area is 106 Å². The zero-order valence-corrected chi connectivity index (χ0v) is 11.2. The Balaban J connectivity index is 2.65. The van der Waals surface area contributed by atoms with Crippen molar-refractivity contribution in [1.29, 1.82) is 0 Å². The first kappa shape index (κ1) is 12.7. The van der Waals surface area contributed by atoms with E-state index in [2.05, 4.69) is 20.8 Å². The molecule has 0 amide bonds. The van der Waals surface area contributed by atoms with E-state index >= 15 is 0 Å². The van der Waals surface area contributed by atoms with E-state index in [0.29, 0.717) is 11.1 Å². The van der Waals surface area contributed by atoms with Gasteiger partial charge < -0.3 is 9.52 Å². The van der Waals surface area contributed by atoms with Crippen molar-refractivity contribution in [3.05, 3.63) is 35.1 Å². The van der Waals surface area contributed by atoms with Crippen molar-refractivity contribution < 1.29 is 14.3 Å². The molecular weight excluding hydrogens is 228 g/mol. The van der Waals surface area contributed by atoms with Crippen LogP contribution in [-0.4, -0.2) is 11.1 Å². The van der Waals surface area contributed by atoms with Crippen LogP contribution in [0.25, 0.3) is 11.0 Å². The van der Waals surface area contributed by atoms with Crippen molar-refractivity contribution >= 4 is 16.9 Å². The smallest absolute Gasteiger partial charge is 0.372 e. The van der Waals surface area contributed by atoms with E-state index in [9.17, 15) is 4.79 Å². The molecule has 1 heterocycles. The van der Waals surface area contributed by atoms with E-state index in [0.717, 1.165) is 11.8 Å². The Bertz CT molecular complexity index is 605. The lowest BCUT2D eigenvalue weighted by Gasteiger charge is -2.23. The molecule has 3 nitrogen and oxygen atoms in total. The van der Waals surface area contributed by atoms with Crippen LogP contribution in [0.5, 0.6) is 0 Å². The number of furan rings is 1. The number of aromatic carboxylic acids is 1. The van der Waals surface area contributed by atoms with Gasteiger partial charge in [0.25, 0.3) is 0 Å². The lowest BCUT2D eigenvalue weighted by Crippen LogP contribution is -2.14. The highest BCUT2D eigenvalue weighted by Gasteiger charge is 2.21. The maximum atomic E-state index is 11.0. The van der Waals surface area contributed by atoms with Gasteiger partial charge in [0.15, 0.2) is 0 Å². The number of carboxylic acid groups (broad SMARTS) is 1. The number of fused-ring (bicyclic) bond motifs is 1. The fourth-order valence-electron chi connectivity index (χ4n) is 2.05. The van der Waals surface area contributed by atoms with Crippen LogP contribution < -0.4 is 0 Å². The second-order valence-corrected chi connectivity index (χ2v) is 5.31. The van der Waals surface area contributed by atoms with Gasteiger partial charge in [-0.1, -0.05) is 26.8 Å². The third-order valence-electron chi connectivity index (χ3n) is 3.80. The molecule has 0 bridgehead atoms. The van der Waals surface area contributed by atoms with Crippen molar-refractivity contribution in [1.82, 2.24) is 0 Å². The van der Waals surface area contributed by atoms with Gasteiger partial charge in [-0.3, -0.25) is 0 Å². The lowest BCUT2D eigenvalue weighted by atomic mass is 9.82. The average molecular weight is 246 g/mol. The lowest BCUT2D eigenvalue weighted by molar-refractivity contribution is 0.0664. The number of rotatable bonds is 3.